The molecule has 0 fully saturated rings. The van der Waals surface area contributed by atoms with E-state index in [0.29, 0.717) is 12.2 Å². The molecule has 5 rings (SSSR count). The molecule has 0 spiro atoms. The van der Waals surface area contributed by atoms with Crippen LogP contribution >= 0.6 is 0 Å². The summed E-state index contributed by atoms with van der Waals surface area (Å²) in [6.07, 6.45) is 4.37. The number of hydrogen-bond donors (Lipinski definition) is 1. The Morgan fingerprint density at radius 2 is 1.86 bits per heavy atom. The van der Waals surface area contributed by atoms with Crippen LogP contribution in [0.3, 0.4) is 0 Å². The fourth-order valence-corrected chi connectivity index (χ4v) is 4.70. The molecule has 2 aromatic heterocycles. The van der Waals surface area contributed by atoms with Gasteiger partial charge in [-0.25, -0.2) is 4.98 Å². The van der Waals surface area contributed by atoms with Crippen LogP contribution < -0.4 is 19.5 Å². The molecule has 8 nitrogen and oxygen atoms in total. The third-order valence-corrected chi connectivity index (χ3v) is 6.59. The van der Waals surface area contributed by atoms with Crippen LogP contribution in [0, 0.1) is 0 Å². The van der Waals surface area contributed by atoms with Crippen molar-refractivity contribution < 1.29 is 19.0 Å². The molecule has 1 aliphatic heterocycles. The molecule has 1 atom stereocenters. The van der Waals surface area contributed by atoms with Crippen LogP contribution in [0.15, 0.2) is 67.0 Å². The van der Waals surface area contributed by atoms with Crippen molar-refractivity contribution in [3.8, 4) is 17.2 Å². The van der Waals surface area contributed by atoms with Crippen LogP contribution in [-0.4, -0.2) is 53.6 Å². The van der Waals surface area contributed by atoms with Gasteiger partial charge in [0.25, 0.3) is 5.91 Å². The average molecular weight is 501 g/mol. The molecule has 4 aromatic rings. The van der Waals surface area contributed by atoms with Crippen LogP contribution in [0.1, 0.15) is 34.1 Å². The normalized spacial score (nSPS) is 14.1. The Morgan fingerprint density at radius 1 is 1.05 bits per heavy atom. The number of aromatic nitrogens is 2. The predicted octanol–water partition coefficient (Wildman–Crippen LogP) is 4.11. The van der Waals surface area contributed by atoms with Gasteiger partial charge in [0.1, 0.15) is 23.2 Å². The van der Waals surface area contributed by atoms with Gasteiger partial charge < -0.3 is 23.9 Å². The van der Waals surface area contributed by atoms with E-state index in [1.54, 1.807) is 20.4 Å². The Labute approximate surface area is 216 Å². The van der Waals surface area contributed by atoms with E-state index in [-0.39, 0.29) is 12.0 Å². The second kappa shape index (κ2) is 10.9. The zero-order valence-electron chi connectivity index (χ0n) is 21.4. The van der Waals surface area contributed by atoms with Crippen molar-refractivity contribution in [2.24, 2.45) is 0 Å². The summed E-state index contributed by atoms with van der Waals surface area (Å²) in [5.41, 5.74) is 4.89. The van der Waals surface area contributed by atoms with Crippen molar-refractivity contribution in [3.63, 3.8) is 0 Å². The minimum atomic E-state index is -0.215. The minimum Gasteiger partial charge on any atom is -0.493 e. The number of hydrogen-bond acceptors (Lipinski definition) is 6. The molecule has 1 unspecified atom stereocenters. The van der Waals surface area contributed by atoms with Crippen LogP contribution in [0.2, 0.25) is 0 Å². The maximum Gasteiger partial charge on any atom is 0.271 e. The Balaban J connectivity index is 1.16. The maximum absolute atomic E-state index is 12.5. The van der Waals surface area contributed by atoms with E-state index in [1.165, 1.54) is 16.7 Å². The molecular formula is C29H32N4O4. The van der Waals surface area contributed by atoms with E-state index in [4.69, 9.17) is 14.2 Å². The molecule has 8 heteroatoms. The number of ether oxygens (including phenoxy) is 3. The molecule has 0 bridgehead atoms. The molecule has 1 aliphatic rings. The lowest BCUT2D eigenvalue weighted by Crippen LogP contribution is -2.33. The highest BCUT2D eigenvalue weighted by molar-refractivity contribution is 5.92. The largest absolute Gasteiger partial charge is 0.493 e. The van der Waals surface area contributed by atoms with Crippen molar-refractivity contribution in [2.75, 3.05) is 27.3 Å². The Kier molecular flexibility index (Phi) is 7.28. The van der Waals surface area contributed by atoms with Gasteiger partial charge in [-0.2, -0.15) is 0 Å². The quantitative estimate of drug-likeness (QED) is 0.373. The molecule has 1 N–H and O–H groups in total. The standard InChI is InChI=1S/C29H32N4O4/c1-20(16-30-29(34)25-19-33-11-5-4-9-28(33)31-25)37-24-8-6-7-21(13-24)17-32-12-10-22-14-26(35-2)27(36-3)15-23(22)18-32/h4-9,11,13-15,19-20H,10,12,16-18H2,1-3H3,(H,30,34). The van der Waals surface area contributed by atoms with Crippen LogP contribution in [0.5, 0.6) is 17.2 Å². The molecule has 1 amide bonds. The molecule has 2 aromatic carbocycles. The lowest BCUT2D eigenvalue weighted by atomic mass is 9.98. The topological polar surface area (TPSA) is 77.3 Å². The number of nitrogens with one attached hydrogen (secondary N) is 1. The predicted molar refractivity (Wildman–Crippen MR) is 141 cm³/mol. The monoisotopic (exact) mass is 500 g/mol. The zero-order valence-corrected chi connectivity index (χ0v) is 21.4. The van der Waals surface area contributed by atoms with E-state index in [9.17, 15) is 4.79 Å². The number of benzene rings is 2. The summed E-state index contributed by atoms with van der Waals surface area (Å²) in [4.78, 5) is 19.3. The number of pyridine rings is 1. The number of amides is 1. The Hall–Kier alpha value is -4.04. The van der Waals surface area contributed by atoms with Gasteiger partial charge in [0.15, 0.2) is 11.5 Å². The molecule has 37 heavy (non-hydrogen) atoms. The van der Waals surface area contributed by atoms with Gasteiger partial charge in [-0.3, -0.25) is 9.69 Å². The third-order valence-electron chi connectivity index (χ3n) is 6.59. The Bertz CT molecular complexity index is 1370. The van der Waals surface area contributed by atoms with Crippen molar-refractivity contribution in [1.29, 1.82) is 0 Å². The summed E-state index contributed by atoms with van der Waals surface area (Å²) in [5.74, 6) is 2.12. The Morgan fingerprint density at radius 3 is 2.65 bits per heavy atom. The first kappa shape index (κ1) is 24.6. The van der Waals surface area contributed by atoms with Gasteiger partial charge in [-0.1, -0.05) is 18.2 Å². The highest BCUT2D eigenvalue weighted by Crippen LogP contribution is 2.33. The molecule has 0 saturated heterocycles. The highest BCUT2D eigenvalue weighted by Gasteiger charge is 2.20. The summed E-state index contributed by atoms with van der Waals surface area (Å²) in [6, 6.07) is 18.0. The van der Waals surface area contributed by atoms with Gasteiger partial charge in [-0.15, -0.1) is 0 Å². The first-order valence-electron chi connectivity index (χ1n) is 12.5. The highest BCUT2D eigenvalue weighted by atomic mass is 16.5. The van der Waals surface area contributed by atoms with Gasteiger partial charge in [0.2, 0.25) is 0 Å². The zero-order chi connectivity index (χ0) is 25.8. The minimum absolute atomic E-state index is 0.194. The van der Waals surface area contributed by atoms with Crippen molar-refractivity contribution in [2.45, 2.75) is 32.5 Å². The number of imidazole rings is 1. The molecule has 0 radical (unpaired) electrons. The fourth-order valence-electron chi connectivity index (χ4n) is 4.70. The van der Waals surface area contributed by atoms with Crippen LogP contribution in [-0.2, 0) is 19.5 Å². The third kappa shape index (κ3) is 5.70. The summed E-state index contributed by atoms with van der Waals surface area (Å²) < 4.78 is 18.9. The SMILES string of the molecule is COc1cc2c(cc1OC)CN(Cc1cccc(OC(C)CNC(=O)c3cn4ccccc4n3)c1)CC2. The summed E-state index contributed by atoms with van der Waals surface area (Å²) in [5, 5.41) is 2.92. The number of methoxy groups -OCH3 is 2. The van der Waals surface area contributed by atoms with Crippen molar-refractivity contribution in [1.82, 2.24) is 19.6 Å². The van der Waals surface area contributed by atoms with Gasteiger partial charge >= 0.3 is 0 Å². The van der Waals surface area contributed by atoms with Gasteiger partial charge in [0.05, 0.1) is 20.8 Å². The van der Waals surface area contributed by atoms with E-state index < -0.39 is 0 Å². The molecule has 192 valence electrons. The number of carbonyl (C=O) groups excluding carboxylic acids is 1. The van der Waals surface area contributed by atoms with E-state index in [2.05, 4.69) is 39.5 Å². The first-order chi connectivity index (χ1) is 18.0. The number of fused-ring (bicyclic) bond motifs is 2. The smallest absolute Gasteiger partial charge is 0.271 e. The van der Waals surface area contributed by atoms with E-state index in [0.717, 1.165) is 49.0 Å². The molecular weight excluding hydrogens is 468 g/mol. The van der Waals surface area contributed by atoms with Gasteiger partial charge in [-0.05, 0) is 66.4 Å². The molecule has 0 aliphatic carbocycles. The second-order valence-corrected chi connectivity index (χ2v) is 9.31. The lowest BCUT2D eigenvalue weighted by Gasteiger charge is -2.29. The van der Waals surface area contributed by atoms with E-state index in [1.807, 2.05) is 47.9 Å². The van der Waals surface area contributed by atoms with Crippen molar-refractivity contribution in [3.05, 3.63) is 89.4 Å². The maximum atomic E-state index is 12.5. The summed E-state index contributed by atoms with van der Waals surface area (Å²) in [7, 11) is 3.34. The van der Waals surface area contributed by atoms with Gasteiger partial charge in [0, 0.05) is 32.0 Å². The second-order valence-electron chi connectivity index (χ2n) is 9.31. The summed E-state index contributed by atoms with van der Waals surface area (Å²) >= 11 is 0. The lowest BCUT2D eigenvalue weighted by molar-refractivity contribution is 0.0927. The number of rotatable bonds is 9. The summed E-state index contributed by atoms with van der Waals surface area (Å²) in [6.45, 7) is 4.97. The average Bonchev–Trinajstić information content (AvgIpc) is 3.35. The number of carbonyl (C=O) groups is 1. The van der Waals surface area contributed by atoms with Crippen LogP contribution in [0.4, 0.5) is 0 Å². The van der Waals surface area contributed by atoms with Crippen molar-refractivity contribution >= 4 is 11.6 Å². The molecule has 3 heterocycles. The first-order valence-corrected chi connectivity index (χ1v) is 12.5. The van der Waals surface area contributed by atoms with Crippen LogP contribution in [0.25, 0.3) is 5.65 Å². The fraction of sp³-hybridized carbons (Fsp3) is 0.310. The number of nitrogens with zero attached hydrogens (tertiary/aromatic N) is 3. The van der Waals surface area contributed by atoms with E-state index >= 15 is 0 Å². The molecule has 0 saturated carbocycles.